The lowest BCUT2D eigenvalue weighted by molar-refractivity contribution is -0.388. The van der Waals surface area contributed by atoms with Gasteiger partial charge in [-0.15, -0.1) is 0 Å². The van der Waals surface area contributed by atoms with E-state index in [2.05, 4.69) is 10.3 Å². The summed E-state index contributed by atoms with van der Waals surface area (Å²) in [6.07, 6.45) is 0.911. The number of nitrogens with one attached hydrogen (secondary N) is 1. The molecule has 21 heavy (non-hydrogen) atoms. The first-order valence-corrected chi connectivity index (χ1v) is 7.25. The van der Waals surface area contributed by atoms with Gasteiger partial charge in [0.25, 0.3) is 0 Å². The van der Waals surface area contributed by atoms with Crippen molar-refractivity contribution >= 4 is 23.3 Å². The molecule has 0 aliphatic rings. The van der Waals surface area contributed by atoms with Crippen molar-refractivity contribution in [1.82, 2.24) is 4.98 Å². The quantitative estimate of drug-likeness (QED) is 0.642. The summed E-state index contributed by atoms with van der Waals surface area (Å²) in [7, 11) is 0. The van der Waals surface area contributed by atoms with Gasteiger partial charge in [-0.1, -0.05) is 30.8 Å². The van der Waals surface area contributed by atoms with E-state index in [1.807, 2.05) is 6.92 Å². The van der Waals surface area contributed by atoms with Crippen molar-refractivity contribution in [3.05, 3.63) is 52.3 Å². The maximum Gasteiger partial charge on any atom is 0.301 e. The van der Waals surface area contributed by atoms with Crippen molar-refractivity contribution < 1.29 is 9.31 Å². The lowest BCUT2D eigenvalue weighted by atomic mass is 10.3. The number of aromatic nitrogens is 1. The van der Waals surface area contributed by atoms with Crippen LogP contribution in [0.5, 0.6) is 0 Å². The zero-order chi connectivity index (χ0) is 15.2. The number of halogens is 1. The summed E-state index contributed by atoms with van der Waals surface area (Å²) >= 11 is 0.949. The number of hydrogen-bond acceptors (Lipinski definition) is 5. The first kappa shape index (κ1) is 15.2. The monoisotopic (exact) mass is 307 g/mol. The fourth-order valence-corrected chi connectivity index (χ4v) is 2.54. The van der Waals surface area contributed by atoms with E-state index in [9.17, 15) is 14.5 Å². The third-order valence-electron chi connectivity index (χ3n) is 2.64. The molecule has 1 aromatic carbocycles. The highest BCUT2D eigenvalue weighted by Crippen LogP contribution is 2.35. The predicted octanol–water partition coefficient (Wildman–Crippen LogP) is 4.10. The average molecular weight is 307 g/mol. The molecule has 1 N–H and O–H groups in total. The minimum atomic E-state index is -0.514. The Labute approximate surface area is 125 Å². The molecule has 5 nitrogen and oxygen atoms in total. The van der Waals surface area contributed by atoms with Gasteiger partial charge in [0.05, 0.1) is 4.92 Å². The summed E-state index contributed by atoms with van der Waals surface area (Å²) in [6.45, 7) is 2.72. The number of rotatable bonds is 6. The van der Waals surface area contributed by atoms with Crippen molar-refractivity contribution in [2.24, 2.45) is 0 Å². The summed E-state index contributed by atoms with van der Waals surface area (Å²) < 4.78 is 13.7. The van der Waals surface area contributed by atoms with E-state index < -0.39 is 10.7 Å². The van der Waals surface area contributed by atoms with E-state index in [1.54, 1.807) is 24.3 Å². The molecule has 0 atom stereocenters. The van der Waals surface area contributed by atoms with E-state index >= 15 is 0 Å². The molecular formula is C14H14FN3O2S. The highest BCUT2D eigenvalue weighted by molar-refractivity contribution is 7.99. The predicted molar refractivity (Wildman–Crippen MR) is 80.2 cm³/mol. The molecular weight excluding hydrogens is 293 g/mol. The lowest BCUT2D eigenvalue weighted by Gasteiger charge is -2.07. The molecule has 0 saturated heterocycles. The second-order valence-electron chi connectivity index (χ2n) is 4.24. The van der Waals surface area contributed by atoms with Gasteiger partial charge in [-0.2, -0.15) is 0 Å². The first-order valence-electron chi connectivity index (χ1n) is 6.43. The fourth-order valence-electron chi connectivity index (χ4n) is 1.63. The minimum Gasteiger partial charge on any atom is -0.370 e. The van der Waals surface area contributed by atoms with Crippen molar-refractivity contribution in [1.29, 1.82) is 0 Å². The van der Waals surface area contributed by atoms with Gasteiger partial charge in [-0.3, -0.25) is 10.1 Å². The third-order valence-corrected chi connectivity index (χ3v) is 3.68. The second kappa shape index (κ2) is 7.03. The molecule has 0 spiro atoms. The van der Waals surface area contributed by atoms with Crippen molar-refractivity contribution in [3.8, 4) is 0 Å². The summed E-state index contributed by atoms with van der Waals surface area (Å²) in [4.78, 5) is 15.1. The van der Waals surface area contributed by atoms with Crippen molar-refractivity contribution in [3.63, 3.8) is 0 Å². The Morgan fingerprint density at radius 2 is 2.10 bits per heavy atom. The Kier molecular flexibility index (Phi) is 5.10. The Balaban J connectivity index is 2.34. The largest absolute Gasteiger partial charge is 0.370 e. The van der Waals surface area contributed by atoms with Crippen LogP contribution >= 0.6 is 11.8 Å². The number of benzene rings is 1. The normalized spacial score (nSPS) is 10.4. The van der Waals surface area contributed by atoms with Gasteiger partial charge in [0, 0.05) is 17.5 Å². The lowest BCUT2D eigenvalue weighted by Crippen LogP contribution is -2.03. The summed E-state index contributed by atoms with van der Waals surface area (Å²) in [5.74, 6) is 0.117. The summed E-state index contributed by atoms with van der Waals surface area (Å²) in [6, 6.07) is 9.06. The van der Waals surface area contributed by atoms with Gasteiger partial charge in [0.1, 0.15) is 11.6 Å². The Morgan fingerprint density at radius 1 is 1.33 bits per heavy atom. The molecule has 1 heterocycles. The molecule has 7 heteroatoms. The van der Waals surface area contributed by atoms with Crippen LogP contribution in [-0.2, 0) is 0 Å². The van der Waals surface area contributed by atoms with Gasteiger partial charge in [-0.05, 0) is 24.6 Å². The number of hydrogen-bond donors (Lipinski definition) is 1. The van der Waals surface area contributed by atoms with Crippen LogP contribution < -0.4 is 5.32 Å². The first-order chi connectivity index (χ1) is 10.1. The highest BCUT2D eigenvalue weighted by Gasteiger charge is 2.18. The average Bonchev–Trinajstić information content (AvgIpc) is 2.47. The Morgan fingerprint density at radius 3 is 2.76 bits per heavy atom. The van der Waals surface area contributed by atoms with Crippen LogP contribution in [0.4, 0.5) is 15.9 Å². The van der Waals surface area contributed by atoms with Gasteiger partial charge in [-0.25, -0.2) is 9.37 Å². The van der Waals surface area contributed by atoms with E-state index in [4.69, 9.17) is 0 Å². The molecule has 0 unspecified atom stereocenters. The summed E-state index contributed by atoms with van der Waals surface area (Å²) in [5, 5.41) is 14.3. The maximum atomic E-state index is 13.7. The molecule has 2 rings (SSSR count). The number of pyridine rings is 1. The van der Waals surface area contributed by atoms with Crippen LogP contribution in [0.25, 0.3) is 0 Å². The smallest absolute Gasteiger partial charge is 0.301 e. The molecule has 2 aromatic rings. The molecule has 0 aliphatic carbocycles. The van der Waals surface area contributed by atoms with Gasteiger partial charge in [0.2, 0.25) is 0 Å². The Hall–Kier alpha value is -2.15. The zero-order valence-electron chi connectivity index (χ0n) is 11.4. The van der Waals surface area contributed by atoms with Crippen LogP contribution in [0, 0.1) is 15.9 Å². The third kappa shape index (κ3) is 3.91. The molecule has 0 aliphatic heterocycles. The SMILES string of the molecule is CCCNc1ccc([N+](=O)[O-])c(Sc2ccccc2F)n1. The molecule has 1 aromatic heterocycles. The molecule has 0 fully saturated rings. The maximum absolute atomic E-state index is 13.7. The minimum absolute atomic E-state index is 0.134. The molecule has 0 radical (unpaired) electrons. The van der Waals surface area contributed by atoms with E-state index in [-0.39, 0.29) is 10.7 Å². The zero-order valence-corrected chi connectivity index (χ0v) is 12.2. The van der Waals surface area contributed by atoms with Crippen LogP contribution in [0.3, 0.4) is 0 Å². The highest BCUT2D eigenvalue weighted by atomic mass is 32.2. The fraction of sp³-hybridized carbons (Fsp3) is 0.214. The summed E-state index contributed by atoms with van der Waals surface area (Å²) in [5.41, 5.74) is -0.134. The molecule has 0 amide bonds. The van der Waals surface area contributed by atoms with Gasteiger partial charge in [0.15, 0.2) is 5.03 Å². The Bertz CT molecular complexity index is 652. The number of nitro groups is 1. The molecule has 0 saturated carbocycles. The second-order valence-corrected chi connectivity index (χ2v) is 5.27. The van der Waals surface area contributed by atoms with Crippen LogP contribution in [0.2, 0.25) is 0 Å². The van der Waals surface area contributed by atoms with E-state index in [0.717, 1.165) is 18.2 Å². The van der Waals surface area contributed by atoms with Crippen molar-refractivity contribution in [2.45, 2.75) is 23.3 Å². The van der Waals surface area contributed by atoms with Crippen molar-refractivity contribution in [2.75, 3.05) is 11.9 Å². The van der Waals surface area contributed by atoms with Crippen LogP contribution in [-0.4, -0.2) is 16.5 Å². The number of anilines is 1. The molecule has 0 bridgehead atoms. The van der Waals surface area contributed by atoms with Gasteiger partial charge >= 0.3 is 5.69 Å². The van der Waals surface area contributed by atoms with Crippen LogP contribution in [0.15, 0.2) is 46.3 Å². The van der Waals surface area contributed by atoms with Crippen LogP contribution in [0.1, 0.15) is 13.3 Å². The topological polar surface area (TPSA) is 68.1 Å². The molecule has 110 valence electrons. The standard InChI is InChI=1S/C14H14FN3O2S/c1-2-9-16-13-8-7-11(18(19)20)14(17-13)21-12-6-4-3-5-10(12)15/h3-8H,2,9H2,1H3,(H,16,17). The number of nitrogens with zero attached hydrogens (tertiary/aromatic N) is 2. The van der Waals surface area contributed by atoms with Gasteiger partial charge < -0.3 is 5.32 Å². The van der Waals surface area contributed by atoms with E-state index in [1.165, 1.54) is 12.1 Å². The van der Waals surface area contributed by atoms with E-state index in [0.29, 0.717) is 17.3 Å².